The Hall–Kier alpha value is -0.427. The third-order valence-corrected chi connectivity index (χ3v) is 2.80. The standard InChI is InChI=1S/C9H11.C5H5.2FH.Zr/c1-2-5-9-7-3-6-8(9)4-1;1-2-4-5-3-1;;;/h1-2,4,6,9H,3,5,7H2;1-3H,4H2;2*1H;/q2*-1;;;+4/p-2. The third-order valence-electron chi connectivity index (χ3n) is 2.80. The Balaban J connectivity index is 0. The molecule has 1 saturated carbocycles. The summed E-state index contributed by atoms with van der Waals surface area (Å²) in [5.74, 6) is 0.884. The van der Waals surface area contributed by atoms with Crippen LogP contribution < -0.4 is 9.41 Å². The molecule has 0 spiro atoms. The van der Waals surface area contributed by atoms with Gasteiger partial charge in [-0.2, -0.15) is 6.08 Å². The van der Waals surface area contributed by atoms with Crippen molar-refractivity contribution in [3.8, 4) is 0 Å². The Morgan fingerprint density at radius 2 is 2.00 bits per heavy atom. The van der Waals surface area contributed by atoms with E-state index in [4.69, 9.17) is 0 Å². The van der Waals surface area contributed by atoms with E-state index in [-0.39, 0.29) is 35.6 Å². The van der Waals surface area contributed by atoms with Gasteiger partial charge in [-0.3, -0.25) is 6.08 Å². The van der Waals surface area contributed by atoms with E-state index in [1.807, 2.05) is 12.2 Å². The van der Waals surface area contributed by atoms with Gasteiger partial charge in [-0.25, -0.2) is 30.2 Å². The van der Waals surface area contributed by atoms with E-state index in [0.717, 1.165) is 12.3 Å². The summed E-state index contributed by atoms with van der Waals surface area (Å²) >= 11 is 0. The molecule has 0 radical (unpaired) electrons. The van der Waals surface area contributed by atoms with Crippen LogP contribution in [0.25, 0.3) is 0 Å². The summed E-state index contributed by atoms with van der Waals surface area (Å²) in [4.78, 5) is 0. The predicted octanol–water partition coefficient (Wildman–Crippen LogP) is -2.20. The molecule has 90 valence electrons. The number of allylic oxidation sites excluding steroid dienone is 8. The topological polar surface area (TPSA) is 0 Å². The first-order valence-electron chi connectivity index (χ1n) is 5.38. The summed E-state index contributed by atoms with van der Waals surface area (Å²) in [5, 5.41) is 0. The maximum Gasteiger partial charge on any atom is 4.00 e. The molecular formula is C14H16F2Zr. The Kier molecular flexibility index (Phi) is 11.9. The van der Waals surface area contributed by atoms with Crippen LogP contribution in [0.3, 0.4) is 0 Å². The summed E-state index contributed by atoms with van der Waals surface area (Å²) in [7, 11) is 0. The zero-order valence-electron chi connectivity index (χ0n) is 9.70. The fourth-order valence-corrected chi connectivity index (χ4v) is 2.00. The largest absolute Gasteiger partial charge is 4.00 e. The molecular weight excluding hydrogens is 297 g/mol. The molecule has 0 amide bonds. The Bertz CT molecular complexity index is 293. The maximum atomic E-state index is 2.99. The van der Waals surface area contributed by atoms with Crippen LogP contribution >= 0.6 is 0 Å². The molecule has 0 saturated heterocycles. The molecule has 1 atom stereocenters. The zero-order valence-corrected chi connectivity index (χ0v) is 12.2. The van der Waals surface area contributed by atoms with Crippen molar-refractivity contribution in [2.75, 3.05) is 0 Å². The van der Waals surface area contributed by atoms with Gasteiger partial charge in [0.25, 0.3) is 0 Å². The van der Waals surface area contributed by atoms with Crippen molar-refractivity contribution in [3.63, 3.8) is 0 Å². The molecule has 0 bridgehead atoms. The molecule has 0 aliphatic heterocycles. The van der Waals surface area contributed by atoms with Gasteiger partial charge in [0.1, 0.15) is 0 Å². The van der Waals surface area contributed by atoms with Gasteiger partial charge in [0.15, 0.2) is 0 Å². The predicted molar refractivity (Wildman–Crippen MR) is 60.4 cm³/mol. The van der Waals surface area contributed by atoms with E-state index in [2.05, 4.69) is 36.8 Å². The molecule has 0 aromatic rings. The molecule has 3 aliphatic carbocycles. The zero-order chi connectivity index (χ0) is 9.64. The Labute approximate surface area is 121 Å². The van der Waals surface area contributed by atoms with E-state index in [9.17, 15) is 0 Å². The minimum Gasteiger partial charge on any atom is -1.00 e. The first-order chi connectivity index (χ1) is 6.97. The van der Waals surface area contributed by atoms with Gasteiger partial charge in [-0.1, -0.05) is 6.42 Å². The quantitative estimate of drug-likeness (QED) is 0.445. The number of rotatable bonds is 0. The van der Waals surface area contributed by atoms with Crippen molar-refractivity contribution in [2.45, 2.75) is 25.7 Å². The average molecular weight is 314 g/mol. The fraction of sp³-hybridized carbons (Fsp3) is 0.357. The molecule has 1 unspecified atom stereocenters. The second-order valence-corrected chi connectivity index (χ2v) is 3.81. The van der Waals surface area contributed by atoms with Crippen LogP contribution in [0.1, 0.15) is 25.7 Å². The monoisotopic (exact) mass is 312 g/mol. The van der Waals surface area contributed by atoms with Crippen LogP contribution in [0.2, 0.25) is 0 Å². The first-order valence-corrected chi connectivity index (χ1v) is 5.38. The Morgan fingerprint density at radius 3 is 2.53 bits per heavy atom. The van der Waals surface area contributed by atoms with Crippen molar-refractivity contribution in [1.82, 2.24) is 0 Å². The molecule has 17 heavy (non-hydrogen) atoms. The van der Waals surface area contributed by atoms with Crippen molar-refractivity contribution in [2.24, 2.45) is 5.92 Å². The minimum atomic E-state index is 0. The fourth-order valence-electron chi connectivity index (χ4n) is 2.00. The Morgan fingerprint density at radius 1 is 1.18 bits per heavy atom. The van der Waals surface area contributed by atoms with Crippen LogP contribution in [0.5, 0.6) is 0 Å². The summed E-state index contributed by atoms with van der Waals surface area (Å²) < 4.78 is 0. The summed E-state index contributed by atoms with van der Waals surface area (Å²) in [5.41, 5.74) is 1.58. The normalized spacial score (nSPS) is 21.6. The van der Waals surface area contributed by atoms with Gasteiger partial charge < -0.3 is 9.41 Å². The van der Waals surface area contributed by atoms with Gasteiger partial charge >= 0.3 is 26.2 Å². The summed E-state index contributed by atoms with van der Waals surface area (Å²) in [6.07, 6.45) is 23.0. The number of halogens is 2. The number of hydrogen-bond acceptors (Lipinski definition) is 0. The van der Waals surface area contributed by atoms with Gasteiger partial charge in [0, 0.05) is 0 Å². The van der Waals surface area contributed by atoms with E-state index in [1.54, 1.807) is 5.57 Å². The van der Waals surface area contributed by atoms with Crippen LogP contribution in [-0.2, 0) is 26.2 Å². The second kappa shape index (κ2) is 10.7. The van der Waals surface area contributed by atoms with Crippen molar-refractivity contribution in [3.05, 3.63) is 54.5 Å². The van der Waals surface area contributed by atoms with E-state index in [0.29, 0.717) is 0 Å². The molecule has 0 heterocycles. The van der Waals surface area contributed by atoms with Crippen LogP contribution in [0, 0.1) is 18.4 Å². The van der Waals surface area contributed by atoms with E-state index >= 15 is 0 Å². The van der Waals surface area contributed by atoms with Crippen molar-refractivity contribution >= 4 is 0 Å². The SMILES string of the molecule is C1=CCC2CC[CH-]C2=C1.[C-]1=CC=CC1.[F-].[F-].[Zr+4]. The second-order valence-electron chi connectivity index (χ2n) is 3.81. The first kappa shape index (κ1) is 18.9. The minimum absolute atomic E-state index is 0. The van der Waals surface area contributed by atoms with Crippen LogP contribution in [0.4, 0.5) is 0 Å². The van der Waals surface area contributed by atoms with Gasteiger partial charge in [0.2, 0.25) is 0 Å². The molecule has 0 aromatic carbocycles. The summed E-state index contributed by atoms with van der Waals surface area (Å²) in [6.45, 7) is 0. The van der Waals surface area contributed by atoms with Crippen LogP contribution in [-0.4, -0.2) is 0 Å². The maximum absolute atomic E-state index is 2.99. The number of fused-ring (bicyclic) bond motifs is 1. The summed E-state index contributed by atoms with van der Waals surface area (Å²) in [6, 6.07) is 0. The van der Waals surface area contributed by atoms with Gasteiger partial charge in [-0.15, -0.1) is 25.0 Å². The van der Waals surface area contributed by atoms with Crippen LogP contribution in [0.15, 0.2) is 42.0 Å². The molecule has 0 nitrogen and oxygen atoms in total. The van der Waals surface area contributed by atoms with E-state index in [1.165, 1.54) is 19.3 Å². The van der Waals surface area contributed by atoms with Crippen molar-refractivity contribution in [1.29, 1.82) is 0 Å². The van der Waals surface area contributed by atoms with Gasteiger partial charge in [0.05, 0.1) is 0 Å². The molecule has 3 rings (SSSR count). The average Bonchev–Trinajstić information content (AvgIpc) is 2.92. The molecule has 3 aliphatic rings. The molecule has 1 fully saturated rings. The number of hydrogen-bond donors (Lipinski definition) is 0. The van der Waals surface area contributed by atoms with Crippen molar-refractivity contribution < 1.29 is 35.6 Å². The molecule has 0 aromatic heterocycles. The van der Waals surface area contributed by atoms with E-state index < -0.39 is 0 Å². The molecule has 3 heteroatoms. The third kappa shape index (κ3) is 6.16. The van der Waals surface area contributed by atoms with Gasteiger partial charge in [-0.05, 0) is 12.3 Å². The smallest absolute Gasteiger partial charge is 1.00 e. The molecule has 0 N–H and O–H groups in total.